The van der Waals surface area contributed by atoms with Crippen LogP contribution in [0.15, 0.2) is 11.6 Å². The van der Waals surface area contributed by atoms with Gasteiger partial charge in [0.1, 0.15) is 0 Å². The van der Waals surface area contributed by atoms with Crippen molar-refractivity contribution >= 4 is 11.8 Å². The molecule has 5 aliphatic rings. The second-order valence-corrected chi connectivity index (χ2v) is 12.7. The maximum atomic E-state index is 13.9. The maximum absolute atomic E-state index is 13.9. The molecule has 37 heavy (non-hydrogen) atoms. The predicted octanol–water partition coefficient (Wildman–Crippen LogP) is 2.64. The van der Waals surface area contributed by atoms with Gasteiger partial charge in [0.25, 0.3) is 0 Å². The summed E-state index contributed by atoms with van der Waals surface area (Å²) in [6, 6.07) is 0. The van der Waals surface area contributed by atoms with E-state index in [2.05, 4.69) is 13.8 Å². The monoisotopic (exact) mass is 518 g/mol. The van der Waals surface area contributed by atoms with Crippen molar-refractivity contribution < 1.29 is 28.9 Å². The Labute approximate surface area is 220 Å². The van der Waals surface area contributed by atoms with Crippen LogP contribution in [0.2, 0.25) is 0 Å². The molecule has 0 aromatic rings. The fourth-order valence-electron chi connectivity index (χ4n) is 9.23. The molecule has 1 heterocycles. The number of ketones is 1. The summed E-state index contributed by atoms with van der Waals surface area (Å²) >= 11 is 0. The lowest BCUT2D eigenvalue weighted by Crippen LogP contribution is -2.64. The van der Waals surface area contributed by atoms with Crippen LogP contribution in [0.25, 0.3) is 0 Å². The average molecular weight is 519 g/mol. The molecule has 2 bridgehead atoms. The van der Waals surface area contributed by atoms with Crippen molar-refractivity contribution in [3.63, 3.8) is 0 Å². The number of rotatable bonds is 9. The third-order valence-electron chi connectivity index (χ3n) is 10.3. The van der Waals surface area contributed by atoms with Crippen LogP contribution in [0, 0.1) is 52.8 Å². The minimum absolute atomic E-state index is 0.0233. The zero-order valence-electron chi connectivity index (χ0n) is 22.5. The highest BCUT2D eigenvalue weighted by Crippen LogP contribution is 2.64. The molecule has 10 atom stereocenters. The largest absolute Gasteiger partial charge is 0.481 e. The number of allylic oxidation sites excluding steroid dienone is 1. The molecule has 5 rings (SSSR count). The Hall–Kier alpha value is -1.32. The molecule has 1 saturated heterocycles. The van der Waals surface area contributed by atoms with E-state index in [1.54, 1.807) is 0 Å². The van der Waals surface area contributed by atoms with Crippen molar-refractivity contribution in [3.05, 3.63) is 11.6 Å². The second-order valence-electron chi connectivity index (χ2n) is 12.7. The fraction of sp³-hybridized carbons (Fsp3) is 0.862. The molecule has 0 radical (unpaired) electrons. The van der Waals surface area contributed by atoms with Crippen molar-refractivity contribution in [2.24, 2.45) is 64.2 Å². The summed E-state index contributed by atoms with van der Waals surface area (Å²) < 4.78 is 18.8. The van der Waals surface area contributed by atoms with Gasteiger partial charge in [0.05, 0.1) is 44.6 Å². The summed E-state index contributed by atoms with van der Waals surface area (Å²) in [6.07, 6.45) is 7.13. The zero-order valence-corrected chi connectivity index (χ0v) is 22.5. The number of hydrogen-bond donors (Lipinski definition) is 3. The van der Waals surface area contributed by atoms with Gasteiger partial charge in [-0.05, 0) is 74.2 Å². The highest BCUT2D eigenvalue weighted by Gasteiger charge is 2.63. The van der Waals surface area contributed by atoms with Crippen LogP contribution in [-0.4, -0.2) is 68.6 Å². The van der Waals surface area contributed by atoms with E-state index in [9.17, 15) is 14.7 Å². The lowest BCUT2D eigenvalue weighted by atomic mass is 9.45. The van der Waals surface area contributed by atoms with E-state index < -0.39 is 17.8 Å². The Kier molecular flexibility index (Phi) is 8.14. The number of carbonyl (C=O) groups excluding carboxylic acids is 1. The van der Waals surface area contributed by atoms with Gasteiger partial charge in [-0.1, -0.05) is 19.4 Å². The molecule has 0 spiro atoms. The first-order chi connectivity index (χ1) is 17.8. The van der Waals surface area contributed by atoms with Crippen LogP contribution in [0.5, 0.6) is 0 Å². The van der Waals surface area contributed by atoms with Crippen molar-refractivity contribution in [2.75, 3.05) is 39.5 Å². The molecule has 208 valence electrons. The van der Waals surface area contributed by atoms with Crippen molar-refractivity contribution in [3.8, 4) is 0 Å². The van der Waals surface area contributed by atoms with E-state index in [-0.39, 0.29) is 47.1 Å². The summed E-state index contributed by atoms with van der Waals surface area (Å²) in [5.74, 6) is -0.409. The molecule has 1 aliphatic heterocycles. The molecule has 7 unspecified atom stereocenters. The number of carboxylic acids is 1. The van der Waals surface area contributed by atoms with Crippen LogP contribution in [-0.2, 0) is 23.8 Å². The van der Waals surface area contributed by atoms with Gasteiger partial charge in [-0.2, -0.15) is 0 Å². The number of nitrogens with two attached hydrogens (primary N) is 2. The summed E-state index contributed by atoms with van der Waals surface area (Å²) in [7, 11) is 0. The quantitative estimate of drug-likeness (QED) is 0.424. The highest BCUT2D eigenvalue weighted by atomic mass is 16.5. The van der Waals surface area contributed by atoms with Crippen LogP contribution >= 0.6 is 0 Å². The lowest BCUT2D eigenvalue weighted by molar-refractivity contribution is -0.224. The van der Waals surface area contributed by atoms with Gasteiger partial charge >= 0.3 is 5.97 Å². The van der Waals surface area contributed by atoms with E-state index in [4.69, 9.17) is 25.7 Å². The van der Waals surface area contributed by atoms with E-state index in [1.165, 1.54) is 5.57 Å². The number of aliphatic carboxylic acids is 1. The maximum Gasteiger partial charge on any atom is 0.307 e. The van der Waals surface area contributed by atoms with Gasteiger partial charge in [0.2, 0.25) is 0 Å². The Bertz CT molecular complexity index is 892. The average Bonchev–Trinajstić information content (AvgIpc) is 2.86. The highest BCUT2D eigenvalue weighted by molar-refractivity contribution is 5.97. The van der Waals surface area contributed by atoms with Gasteiger partial charge in [0.15, 0.2) is 5.78 Å². The molecule has 0 aromatic heterocycles. The Morgan fingerprint density at radius 2 is 1.89 bits per heavy atom. The molecule has 8 nitrogen and oxygen atoms in total. The summed E-state index contributed by atoms with van der Waals surface area (Å²) in [5.41, 5.74) is 12.5. The molecule has 8 heteroatoms. The van der Waals surface area contributed by atoms with Crippen molar-refractivity contribution in [1.82, 2.24) is 0 Å². The normalized spacial score (nSPS) is 43.0. The predicted molar refractivity (Wildman–Crippen MR) is 139 cm³/mol. The standard InChI is InChI=1S/C29H46N2O6/c1-16(2)11-17-3-4-19-18-5-6-21-20-14-35-15-29(21,13-24(36-9-7-30)27(20)37-10-8-31)22(18)12-23(32)26(19)25(17)28(33)34/h12,16-21,24-27H,3-11,13-15,30-31H2,1-2H3,(H,33,34)/t17?,18?,19?,20?,21?,24-,25?,26?,27-,29-/m1/s1. The number of hydrogen-bond acceptors (Lipinski definition) is 7. The molecule has 3 saturated carbocycles. The second kappa shape index (κ2) is 11.0. The van der Waals surface area contributed by atoms with Gasteiger partial charge in [0, 0.05) is 30.3 Å². The van der Waals surface area contributed by atoms with Crippen LogP contribution in [0.1, 0.15) is 52.4 Å². The van der Waals surface area contributed by atoms with Gasteiger partial charge in [-0.25, -0.2) is 0 Å². The number of fused-ring (bicyclic) bond motifs is 3. The number of carbonyl (C=O) groups is 2. The van der Waals surface area contributed by atoms with Gasteiger partial charge in [-0.3, -0.25) is 9.59 Å². The minimum atomic E-state index is -0.800. The molecule has 4 fully saturated rings. The number of carboxylic acid groups (broad SMARTS) is 1. The van der Waals surface area contributed by atoms with E-state index >= 15 is 0 Å². The summed E-state index contributed by atoms with van der Waals surface area (Å²) in [5, 5.41) is 10.3. The van der Waals surface area contributed by atoms with Crippen LogP contribution < -0.4 is 11.5 Å². The molecule has 0 amide bonds. The fourth-order valence-corrected chi connectivity index (χ4v) is 9.23. The van der Waals surface area contributed by atoms with E-state index in [1.807, 2.05) is 6.08 Å². The van der Waals surface area contributed by atoms with E-state index in [0.717, 1.165) is 38.5 Å². The molecule has 0 aromatic carbocycles. The Morgan fingerprint density at radius 1 is 1.14 bits per heavy atom. The first-order valence-electron chi connectivity index (χ1n) is 14.5. The zero-order chi connectivity index (χ0) is 26.3. The first-order valence-corrected chi connectivity index (χ1v) is 14.5. The number of ether oxygens (including phenoxy) is 3. The molecular formula is C29H46N2O6. The summed E-state index contributed by atoms with van der Waals surface area (Å²) in [6.45, 7) is 7.34. The van der Waals surface area contributed by atoms with Gasteiger partial charge < -0.3 is 30.8 Å². The first kappa shape index (κ1) is 27.3. The Morgan fingerprint density at radius 3 is 2.59 bits per heavy atom. The molecule has 5 N–H and O–H groups in total. The van der Waals surface area contributed by atoms with Crippen LogP contribution in [0.4, 0.5) is 0 Å². The molecular weight excluding hydrogens is 472 g/mol. The van der Waals surface area contributed by atoms with E-state index in [0.29, 0.717) is 51.4 Å². The molecule has 4 aliphatic carbocycles. The van der Waals surface area contributed by atoms with Gasteiger partial charge in [-0.15, -0.1) is 0 Å². The summed E-state index contributed by atoms with van der Waals surface area (Å²) in [4.78, 5) is 26.4. The third-order valence-corrected chi connectivity index (χ3v) is 10.3. The third kappa shape index (κ3) is 4.71. The smallest absolute Gasteiger partial charge is 0.307 e. The van der Waals surface area contributed by atoms with Crippen LogP contribution in [0.3, 0.4) is 0 Å². The Balaban J connectivity index is 1.49. The van der Waals surface area contributed by atoms with Crippen molar-refractivity contribution in [1.29, 1.82) is 0 Å². The lowest BCUT2D eigenvalue weighted by Gasteiger charge is -2.63. The topological polar surface area (TPSA) is 134 Å². The SMILES string of the molecule is CC(C)CC1CCC2C3CCC4C5COC[C@@]4(C[C@@H](OCCN)[C@@H]5OCCN)C3=CC(=O)C2C1C(=O)O. The minimum Gasteiger partial charge on any atom is -0.481 e. The van der Waals surface area contributed by atoms with Crippen molar-refractivity contribution in [2.45, 2.75) is 64.6 Å².